The van der Waals surface area contributed by atoms with Gasteiger partial charge in [-0.25, -0.2) is 0 Å². The van der Waals surface area contributed by atoms with Gasteiger partial charge in [-0.1, -0.05) is 36.4 Å². The molecule has 3 rings (SSSR count). The van der Waals surface area contributed by atoms with Crippen LogP contribution in [0, 0.1) is 0 Å². The number of aryl methyl sites for hydroxylation is 1. The first-order valence-corrected chi connectivity index (χ1v) is 8.76. The fraction of sp³-hybridized carbons (Fsp3) is 0.300. The molecule has 0 radical (unpaired) electrons. The normalized spacial score (nSPS) is 19.7. The zero-order valence-corrected chi connectivity index (χ0v) is 15.1. The number of alkyl halides is 3. The zero-order valence-electron chi connectivity index (χ0n) is 14.3. The summed E-state index contributed by atoms with van der Waals surface area (Å²) in [5, 5.41) is 10.6. The predicted octanol–water partition coefficient (Wildman–Crippen LogP) is 4.95. The molecule has 1 aromatic carbocycles. The zero-order chi connectivity index (χ0) is 19.8. The third kappa shape index (κ3) is 3.64. The lowest BCUT2D eigenvalue weighted by Crippen LogP contribution is -2.39. The van der Waals surface area contributed by atoms with Crippen LogP contribution in [0.5, 0.6) is 0 Å². The third-order valence-corrected chi connectivity index (χ3v) is 5.29. The second kappa shape index (κ2) is 7.09. The van der Waals surface area contributed by atoms with Gasteiger partial charge >= 0.3 is 6.18 Å². The number of fused-ring (bicyclic) bond motifs is 1. The number of rotatable bonds is 4. The largest absolute Gasteiger partial charge is 0.417 e. The van der Waals surface area contributed by atoms with E-state index in [0.717, 1.165) is 11.6 Å². The summed E-state index contributed by atoms with van der Waals surface area (Å²) in [7, 11) is 0. The third-order valence-electron chi connectivity index (χ3n) is 4.84. The standard InChI is InChI=1S/C20H17ClF3NO2/c1-12-9-10-19(27,15-6-3-11-25-18(12)15)16(26)8-7-13-4-2-5-14(17(13)21)20(22,23)24/h2-6,11,27H,1,7-10H2. The number of Topliss-reactive ketones (excluding diaryl/α,β-unsaturated/α-hetero) is 1. The molecule has 27 heavy (non-hydrogen) atoms. The van der Waals surface area contributed by atoms with Gasteiger partial charge in [0.2, 0.25) is 0 Å². The van der Waals surface area contributed by atoms with E-state index in [4.69, 9.17) is 11.6 Å². The molecule has 142 valence electrons. The molecular formula is C20H17ClF3NO2. The van der Waals surface area contributed by atoms with Gasteiger partial charge in [-0.2, -0.15) is 13.2 Å². The van der Waals surface area contributed by atoms with Gasteiger partial charge in [0.05, 0.1) is 16.3 Å². The number of benzene rings is 1. The number of halogens is 4. The molecule has 0 fully saturated rings. The Labute approximate surface area is 159 Å². The minimum absolute atomic E-state index is 0.000435. The number of carbonyl (C=O) groups is 1. The van der Waals surface area contributed by atoms with Gasteiger partial charge in [0, 0.05) is 18.2 Å². The van der Waals surface area contributed by atoms with E-state index in [1.165, 1.54) is 12.1 Å². The van der Waals surface area contributed by atoms with Gasteiger partial charge in [0.15, 0.2) is 5.78 Å². The van der Waals surface area contributed by atoms with Crippen molar-refractivity contribution in [3.63, 3.8) is 0 Å². The highest BCUT2D eigenvalue weighted by Crippen LogP contribution is 2.41. The van der Waals surface area contributed by atoms with E-state index in [1.54, 1.807) is 18.3 Å². The van der Waals surface area contributed by atoms with E-state index in [1.807, 2.05) is 0 Å². The molecule has 0 amide bonds. The summed E-state index contributed by atoms with van der Waals surface area (Å²) in [6.45, 7) is 3.91. The summed E-state index contributed by atoms with van der Waals surface area (Å²) in [6, 6.07) is 6.86. The molecule has 0 aliphatic heterocycles. The van der Waals surface area contributed by atoms with E-state index in [0.29, 0.717) is 17.7 Å². The molecule has 1 N–H and O–H groups in total. The van der Waals surface area contributed by atoms with Gasteiger partial charge < -0.3 is 5.11 Å². The van der Waals surface area contributed by atoms with Crippen LogP contribution < -0.4 is 0 Å². The molecule has 3 nitrogen and oxygen atoms in total. The molecule has 0 saturated carbocycles. The number of ketones is 1. The van der Waals surface area contributed by atoms with Gasteiger partial charge in [-0.05, 0) is 42.5 Å². The van der Waals surface area contributed by atoms with Gasteiger partial charge in [0.25, 0.3) is 0 Å². The second-order valence-corrected chi connectivity index (χ2v) is 6.94. The van der Waals surface area contributed by atoms with Crippen LogP contribution in [0.2, 0.25) is 5.02 Å². The first-order chi connectivity index (χ1) is 12.6. The topological polar surface area (TPSA) is 50.2 Å². The van der Waals surface area contributed by atoms with Gasteiger partial charge in [0.1, 0.15) is 5.60 Å². The SMILES string of the molecule is C=C1CCC(O)(C(=O)CCc2cccc(C(F)(F)F)c2Cl)c2cccnc21. The monoisotopic (exact) mass is 395 g/mol. The van der Waals surface area contributed by atoms with Crippen molar-refractivity contribution in [2.45, 2.75) is 37.5 Å². The van der Waals surface area contributed by atoms with Crippen molar-refractivity contribution in [3.8, 4) is 0 Å². The molecule has 1 aliphatic carbocycles. The van der Waals surface area contributed by atoms with Crippen LogP contribution >= 0.6 is 11.6 Å². The molecule has 1 heterocycles. The molecule has 2 aromatic rings. The molecule has 1 aliphatic rings. The molecular weight excluding hydrogens is 379 g/mol. The number of nitrogens with zero attached hydrogens (tertiary/aromatic N) is 1. The maximum atomic E-state index is 13.0. The van der Waals surface area contributed by atoms with Gasteiger partial charge in [-0.3, -0.25) is 9.78 Å². The Balaban J connectivity index is 1.83. The lowest BCUT2D eigenvalue weighted by Gasteiger charge is -2.33. The van der Waals surface area contributed by atoms with Crippen molar-refractivity contribution >= 4 is 23.0 Å². The molecule has 1 atom stereocenters. The summed E-state index contributed by atoms with van der Waals surface area (Å²) in [5.41, 5.74) is -0.813. The quantitative estimate of drug-likeness (QED) is 0.796. The Kier molecular flexibility index (Phi) is 5.14. The van der Waals surface area contributed by atoms with Crippen molar-refractivity contribution in [2.24, 2.45) is 0 Å². The summed E-state index contributed by atoms with van der Waals surface area (Å²) in [4.78, 5) is 17.0. The molecule has 0 bridgehead atoms. The first-order valence-electron chi connectivity index (χ1n) is 8.38. The average Bonchev–Trinajstić information content (AvgIpc) is 2.63. The number of aliphatic hydroxyl groups is 1. The van der Waals surface area contributed by atoms with Crippen LogP contribution in [0.4, 0.5) is 13.2 Å². The van der Waals surface area contributed by atoms with Crippen LogP contribution in [0.15, 0.2) is 43.1 Å². The first kappa shape index (κ1) is 19.6. The summed E-state index contributed by atoms with van der Waals surface area (Å²) in [5.74, 6) is -0.474. The Hall–Kier alpha value is -2.18. The Morgan fingerprint density at radius 1 is 1.30 bits per heavy atom. The number of pyridine rings is 1. The number of hydrogen-bond acceptors (Lipinski definition) is 3. The highest BCUT2D eigenvalue weighted by Gasteiger charge is 2.42. The Morgan fingerprint density at radius 2 is 2.04 bits per heavy atom. The molecule has 1 unspecified atom stereocenters. The lowest BCUT2D eigenvalue weighted by molar-refractivity contribution is -0.139. The van der Waals surface area contributed by atoms with Crippen molar-refractivity contribution in [1.29, 1.82) is 0 Å². The van der Waals surface area contributed by atoms with E-state index in [-0.39, 0.29) is 24.8 Å². The molecule has 1 aromatic heterocycles. The van der Waals surface area contributed by atoms with Crippen LogP contribution in [0.1, 0.15) is 41.6 Å². The summed E-state index contributed by atoms with van der Waals surface area (Å²) >= 11 is 5.88. The van der Waals surface area contributed by atoms with Gasteiger partial charge in [-0.15, -0.1) is 0 Å². The molecule has 0 spiro atoms. The minimum Gasteiger partial charge on any atom is -0.377 e. The van der Waals surface area contributed by atoms with Crippen LogP contribution in [-0.4, -0.2) is 15.9 Å². The van der Waals surface area contributed by atoms with E-state index in [2.05, 4.69) is 11.6 Å². The van der Waals surface area contributed by atoms with E-state index < -0.39 is 28.1 Å². The number of carbonyl (C=O) groups excluding carboxylic acids is 1. The lowest BCUT2D eigenvalue weighted by atomic mass is 9.76. The minimum atomic E-state index is -4.57. The van der Waals surface area contributed by atoms with E-state index in [9.17, 15) is 23.1 Å². The van der Waals surface area contributed by atoms with Crippen LogP contribution in [0.3, 0.4) is 0 Å². The Morgan fingerprint density at radius 3 is 2.74 bits per heavy atom. The van der Waals surface area contributed by atoms with Crippen LogP contribution in [-0.2, 0) is 23.0 Å². The summed E-state index contributed by atoms with van der Waals surface area (Å²) in [6.07, 6.45) is -2.57. The smallest absolute Gasteiger partial charge is 0.377 e. The fourth-order valence-corrected chi connectivity index (χ4v) is 3.67. The summed E-state index contributed by atoms with van der Waals surface area (Å²) < 4.78 is 38.9. The highest BCUT2D eigenvalue weighted by atomic mass is 35.5. The number of allylic oxidation sites excluding steroid dienone is 1. The fourth-order valence-electron chi connectivity index (χ4n) is 3.34. The number of aromatic nitrogens is 1. The maximum Gasteiger partial charge on any atom is 0.417 e. The average molecular weight is 396 g/mol. The van der Waals surface area contributed by atoms with Crippen molar-refractivity contribution in [2.75, 3.05) is 0 Å². The molecule has 7 heteroatoms. The van der Waals surface area contributed by atoms with E-state index >= 15 is 0 Å². The maximum absolute atomic E-state index is 13.0. The van der Waals surface area contributed by atoms with Crippen molar-refractivity contribution in [1.82, 2.24) is 4.98 Å². The predicted molar refractivity (Wildman–Crippen MR) is 96.2 cm³/mol. The van der Waals surface area contributed by atoms with Crippen molar-refractivity contribution in [3.05, 3.63) is 70.5 Å². The highest BCUT2D eigenvalue weighted by molar-refractivity contribution is 6.32. The van der Waals surface area contributed by atoms with Crippen molar-refractivity contribution < 1.29 is 23.1 Å². The Bertz CT molecular complexity index is 910. The number of hydrogen-bond donors (Lipinski definition) is 1. The second-order valence-electron chi connectivity index (χ2n) is 6.56. The molecule has 0 saturated heterocycles. The van der Waals surface area contributed by atoms with Crippen LogP contribution in [0.25, 0.3) is 5.57 Å².